The lowest BCUT2D eigenvalue weighted by Gasteiger charge is -2.37. The minimum absolute atomic E-state index is 0.0438. The molecule has 1 amide bonds. The molecule has 0 N–H and O–H groups in total. The van der Waals surface area contributed by atoms with Crippen LogP contribution in [-0.2, 0) is 23.8 Å². The Balaban J connectivity index is 1.37. The van der Waals surface area contributed by atoms with Crippen molar-refractivity contribution in [1.29, 1.82) is 0 Å². The molecular formula is C36H55NO5. The summed E-state index contributed by atoms with van der Waals surface area (Å²) in [6.45, 7) is 8.29. The molecule has 0 aromatic carbocycles. The molecule has 7 atom stereocenters. The number of amides is 1. The molecule has 4 heterocycles. The van der Waals surface area contributed by atoms with Gasteiger partial charge < -0.3 is 19.1 Å². The number of likely N-dealkylation sites (tertiary alicyclic amines) is 1. The summed E-state index contributed by atoms with van der Waals surface area (Å²) in [7, 11) is 0. The van der Waals surface area contributed by atoms with Gasteiger partial charge in [-0.3, -0.25) is 9.59 Å². The predicted octanol–water partition coefficient (Wildman–Crippen LogP) is 7.64. The van der Waals surface area contributed by atoms with Gasteiger partial charge in [-0.25, -0.2) is 0 Å². The van der Waals surface area contributed by atoms with Crippen LogP contribution in [0, 0.1) is 11.8 Å². The number of nitrogens with zero attached hydrogens (tertiary/aromatic N) is 1. The molecule has 0 aromatic heterocycles. The Kier molecular flexibility index (Phi) is 13.4. The third-order valence-electron chi connectivity index (χ3n) is 9.31. The first kappa shape index (κ1) is 32.7. The van der Waals surface area contributed by atoms with Gasteiger partial charge in [-0.1, -0.05) is 55.9 Å². The number of hydrogen-bond acceptors (Lipinski definition) is 5. The Bertz CT molecular complexity index is 977. The molecular weight excluding hydrogens is 526 g/mol. The summed E-state index contributed by atoms with van der Waals surface area (Å²) in [4.78, 5) is 27.6. The Hall–Kier alpha value is -2.18. The van der Waals surface area contributed by atoms with Crippen molar-refractivity contribution in [2.75, 3.05) is 13.1 Å². The van der Waals surface area contributed by atoms with Crippen LogP contribution < -0.4 is 0 Å². The van der Waals surface area contributed by atoms with E-state index in [1.54, 1.807) is 0 Å². The fourth-order valence-corrected chi connectivity index (χ4v) is 6.85. The molecule has 4 bridgehead atoms. The van der Waals surface area contributed by atoms with Crippen LogP contribution in [0.3, 0.4) is 0 Å². The van der Waals surface area contributed by atoms with Gasteiger partial charge in [-0.2, -0.15) is 0 Å². The first-order valence-corrected chi connectivity index (χ1v) is 16.8. The lowest BCUT2D eigenvalue weighted by molar-refractivity contribution is -0.154. The number of ether oxygens (including phenoxy) is 3. The quantitative estimate of drug-likeness (QED) is 0.140. The number of hydrogen-bond donors (Lipinski definition) is 0. The maximum Gasteiger partial charge on any atom is 0.309 e. The molecule has 7 unspecified atom stereocenters. The molecule has 3 saturated heterocycles. The van der Waals surface area contributed by atoms with Crippen LogP contribution >= 0.6 is 0 Å². The number of carbonyl (C=O) groups is 2. The highest BCUT2D eigenvalue weighted by molar-refractivity contribution is 5.76. The van der Waals surface area contributed by atoms with E-state index in [0.717, 1.165) is 77.3 Å². The summed E-state index contributed by atoms with van der Waals surface area (Å²) in [5.74, 6) is 0.514. The van der Waals surface area contributed by atoms with Gasteiger partial charge in [-0.05, 0) is 89.5 Å². The Morgan fingerprint density at radius 2 is 1.64 bits per heavy atom. The second kappa shape index (κ2) is 17.2. The van der Waals surface area contributed by atoms with Crippen molar-refractivity contribution in [1.82, 2.24) is 4.90 Å². The van der Waals surface area contributed by atoms with Crippen LogP contribution in [0.25, 0.3) is 0 Å². The lowest BCUT2D eigenvalue weighted by atomic mass is 9.90. The molecule has 0 spiro atoms. The van der Waals surface area contributed by atoms with E-state index in [0.29, 0.717) is 18.4 Å². The first-order chi connectivity index (χ1) is 20.4. The van der Waals surface area contributed by atoms with Crippen LogP contribution in [-0.4, -0.2) is 60.4 Å². The van der Waals surface area contributed by atoms with Crippen LogP contribution in [0.15, 0.2) is 48.1 Å². The van der Waals surface area contributed by atoms with Crippen molar-refractivity contribution in [3.8, 4) is 0 Å². The highest BCUT2D eigenvalue weighted by Crippen LogP contribution is 2.33. The predicted molar refractivity (Wildman–Crippen MR) is 168 cm³/mol. The topological polar surface area (TPSA) is 65.1 Å². The fraction of sp³-hybridized carbons (Fsp3) is 0.722. The van der Waals surface area contributed by atoms with Gasteiger partial charge in [0, 0.05) is 31.8 Å². The van der Waals surface area contributed by atoms with Gasteiger partial charge in [-0.15, -0.1) is 0 Å². The minimum Gasteiger partial charge on any atom is -0.457 e. The minimum atomic E-state index is -0.352. The Morgan fingerprint density at radius 3 is 2.43 bits per heavy atom. The lowest BCUT2D eigenvalue weighted by Crippen LogP contribution is -2.37. The third-order valence-corrected chi connectivity index (χ3v) is 9.31. The van der Waals surface area contributed by atoms with Gasteiger partial charge in [0.05, 0.1) is 30.8 Å². The maximum absolute atomic E-state index is 13.2. The summed E-state index contributed by atoms with van der Waals surface area (Å²) in [6.07, 6.45) is 28.0. The molecule has 234 valence electrons. The van der Waals surface area contributed by atoms with Gasteiger partial charge in [0.1, 0.15) is 6.10 Å². The number of rotatable bonds is 6. The number of esters is 1. The molecule has 0 aromatic rings. The van der Waals surface area contributed by atoms with Gasteiger partial charge >= 0.3 is 5.97 Å². The van der Waals surface area contributed by atoms with E-state index in [1.807, 2.05) is 23.1 Å². The van der Waals surface area contributed by atoms with E-state index in [1.165, 1.54) is 18.4 Å². The average Bonchev–Trinajstić information content (AvgIpc) is 2.98. The molecule has 6 heteroatoms. The number of cyclic esters (lactones) is 1. The number of unbranched alkanes of at least 4 members (excludes halogenated alkanes) is 1. The van der Waals surface area contributed by atoms with Crippen LogP contribution in [0.5, 0.6) is 0 Å². The van der Waals surface area contributed by atoms with Crippen molar-refractivity contribution in [2.24, 2.45) is 11.8 Å². The molecule has 0 aliphatic carbocycles. The van der Waals surface area contributed by atoms with E-state index in [9.17, 15) is 9.59 Å². The smallest absolute Gasteiger partial charge is 0.309 e. The van der Waals surface area contributed by atoms with Crippen LogP contribution in [0.2, 0.25) is 0 Å². The standard InChI is InChI=1S/C36H55NO5/c1-4-29-23-32-25-31-15-13-14-30(40-31)22-27(2)18-19-28(3)34(42-36(39)26-33(24-29)41-32)16-9-6-5-7-10-17-35(38)37-20-11-8-12-21-37/h4-6,9,16,18-19,27-28,30-34H,7-8,10-15,17,20-26H2,1-3H3/b6-5-,16-9+,19-18+,29-4-. The number of fused-ring (bicyclic) bond motifs is 4. The molecule has 4 aliphatic heterocycles. The third kappa shape index (κ3) is 10.8. The van der Waals surface area contributed by atoms with Gasteiger partial charge in [0.2, 0.25) is 5.91 Å². The summed E-state index contributed by atoms with van der Waals surface area (Å²) in [6, 6.07) is 0. The molecule has 0 saturated carbocycles. The number of piperidine rings is 1. The SMILES string of the molecule is C/C=C1\CC2CC(=O)OC(/C=C/C=C\CCCC(=O)N3CCCCC3)C(C)/C=C/C(C)CC3CCCC(CC(C1)O2)O3. The normalized spacial score (nSPS) is 35.4. The largest absolute Gasteiger partial charge is 0.457 e. The zero-order valence-corrected chi connectivity index (χ0v) is 26.4. The summed E-state index contributed by atoms with van der Waals surface area (Å²) in [5.41, 5.74) is 1.36. The number of carbonyl (C=O) groups excluding carboxylic acids is 2. The Morgan fingerprint density at radius 1 is 0.905 bits per heavy atom. The van der Waals surface area contributed by atoms with E-state index in [2.05, 4.69) is 45.1 Å². The molecule has 4 aliphatic rings. The van der Waals surface area contributed by atoms with Gasteiger partial charge in [0.15, 0.2) is 0 Å². The highest BCUT2D eigenvalue weighted by Gasteiger charge is 2.32. The maximum atomic E-state index is 13.2. The van der Waals surface area contributed by atoms with Crippen LogP contribution in [0.4, 0.5) is 0 Å². The van der Waals surface area contributed by atoms with E-state index >= 15 is 0 Å². The van der Waals surface area contributed by atoms with E-state index < -0.39 is 0 Å². The van der Waals surface area contributed by atoms with Crippen LogP contribution in [0.1, 0.15) is 111 Å². The van der Waals surface area contributed by atoms with Crippen molar-refractivity contribution in [3.05, 3.63) is 48.1 Å². The van der Waals surface area contributed by atoms with Crippen molar-refractivity contribution >= 4 is 11.9 Å². The second-order valence-electron chi connectivity index (χ2n) is 13.0. The average molecular weight is 582 g/mol. The van der Waals surface area contributed by atoms with Gasteiger partial charge in [0.25, 0.3) is 0 Å². The van der Waals surface area contributed by atoms with Crippen molar-refractivity contribution in [3.63, 3.8) is 0 Å². The Labute approximate surface area is 254 Å². The highest BCUT2D eigenvalue weighted by atomic mass is 16.5. The number of allylic oxidation sites excluding steroid dienone is 5. The molecule has 0 radical (unpaired) electrons. The van der Waals surface area contributed by atoms with E-state index in [4.69, 9.17) is 14.2 Å². The second-order valence-corrected chi connectivity index (χ2v) is 13.0. The molecule has 42 heavy (non-hydrogen) atoms. The van der Waals surface area contributed by atoms with Crippen molar-refractivity contribution < 1.29 is 23.8 Å². The molecule has 3 fully saturated rings. The zero-order chi connectivity index (χ0) is 29.7. The van der Waals surface area contributed by atoms with E-state index in [-0.39, 0.29) is 48.6 Å². The summed E-state index contributed by atoms with van der Waals surface area (Å²) in [5, 5.41) is 0. The summed E-state index contributed by atoms with van der Waals surface area (Å²) < 4.78 is 19.1. The fourth-order valence-electron chi connectivity index (χ4n) is 6.85. The molecule has 4 rings (SSSR count). The first-order valence-electron chi connectivity index (χ1n) is 16.8. The summed E-state index contributed by atoms with van der Waals surface area (Å²) >= 11 is 0. The zero-order valence-electron chi connectivity index (χ0n) is 26.4. The monoisotopic (exact) mass is 581 g/mol. The molecule has 6 nitrogen and oxygen atoms in total. The van der Waals surface area contributed by atoms with Crippen molar-refractivity contribution in [2.45, 2.75) is 141 Å².